The maximum atomic E-state index is 6.30. The fraction of sp³-hybridized carbons (Fsp3) is 0.176. The standard InChI is InChI=1S/C17H17ClN4O2/c1-23-13-7-6-10(9-14(13)24-2)15(19)17-20-16(21-22-17)11-4-3-5-12(18)8-11/h3-9,15H,19H2,1-2H3,(H,20,21,22)/t15-/m0/s1. The number of halogens is 1. The molecule has 0 saturated carbocycles. The van der Waals surface area contributed by atoms with E-state index in [0.29, 0.717) is 28.2 Å². The Bertz CT molecular complexity index is 850. The van der Waals surface area contributed by atoms with E-state index in [1.54, 1.807) is 26.4 Å². The molecule has 0 bridgehead atoms. The second-order valence-electron chi connectivity index (χ2n) is 5.15. The lowest BCUT2D eigenvalue weighted by molar-refractivity contribution is 0.354. The van der Waals surface area contributed by atoms with Gasteiger partial charge in [0.15, 0.2) is 17.3 Å². The maximum Gasteiger partial charge on any atom is 0.181 e. The van der Waals surface area contributed by atoms with E-state index in [1.807, 2.05) is 30.3 Å². The Balaban J connectivity index is 1.90. The van der Waals surface area contributed by atoms with Crippen LogP contribution in [0.5, 0.6) is 11.5 Å². The van der Waals surface area contributed by atoms with Crippen LogP contribution < -0.4 is 15.2 Å². The van der Waals surface area contributed by atoms with Crippen molar-refractivity contribution >= 4 is 11.6 Å². The maximum absolute atomic E-state index is 6.30. The Morgan fingerprint density at radius 1 is 1.08 bits per heavy atom. The van der Waals surface area contributed by atoms with E-state index in [-0.39, 0.29) is 0 Å². The molecule has 7 heteroatoms. The first kappa shape index (κ1) is 16.3. The van der Waals surface area contributed by atoms with E-state index < -0.39 is 6.04 Å². The molecule has 0 saturated heterocycles. The molecule has 1 atom stereocenters. The van der Waals surface area contributed by atoms with Crippen LogP contribution in [0.4, 0.5) is 0 Å². The summed E-state index contributed by atoms with van der Waals surface area (Å²) in [6.45, 7) is 0. The average Bonchev–Trinajstić information content (AvgIpc) is 3.10. The number of nitrogens with zero attached hydrogens (tertiary/aromatic N) is 2. The van der Waals surface area contributed by atoms with Gasteiger partial charge < -0.3 is 15.2 Å². The number of nitrogens with two attached hydrogens (primary N) is 1. The van der Waals surface area contributed by atoms with Crippen LogP contribution in [0.15, 0.2) is 42.5 Å². The fourth-order valence-electron chi connectivity index (χ4n) is 2.37. The number of aromatic amines is 1. The molecule has 0 fully saturated rings. The molecular weight excluding hydrogens is 328 g/mol. The van der Waals surface area contributed by atoms with Crippen LogP contribution in [-0.4, -0.2) is 29.4 Å². The van der Waals surface area contributed by atoms with E-state index in [9.17, 15) is 0 Å². The first-order chi connectivity index (χ1) is 11.6. The molecule has 3 rings (SSSR count). The van der Waals surface area contributed by atoms with Crippen molar-refractivity contribution in [3.05, 3.63) is 58.9 Å². The molecule has 0 radical (unpaired) electrons. The topological polar surface area (TPSA) is 86.0 Å². The van der Waals surface area contributed by atoms with E-state index in [2.05, 4.69) is 15.2 Å². The number of rotatable bonds is 5. The van der Waals surface area contributed by atoms with Crippen molar-refractivity contribution in [2.45, 2.75) is 6.04 Å². The van der Waals surface area contributed by atoms with Crippen molar-refractivity contribution in [1.82, 2.24) is 15.2 Å². The van der Waals surface area contributed by atoms with Gasteiger partial charge in [0.2, 0.25) is 0 Å². The number of hydrogen-bond acceptors (Lipinski definition) is 5. The number of hydrogen-bond donors (Lipinski definition) is 2. The van der Waals surface area contributed by atoms with Crippen LogP contribution >= 0.6 is 11.6 Å². The summed E-state index contributed by atoms with van der Waals surface area (Å²) in [6, 6.07) is 12.4. The third kappa shape index (κ3) is 3.20. The first-order valence-corrected chi connectivity index (χ1v) is 7.66. The SMILES string of the molecule is COc1ccc([C@H](N)c2nc(-c3cccc(Cl)c3)n[nH]2)cc1OC. The third-order valence-corrected chi connectivity index (χ3v) is 3.88. The second-order valence-corrected chi connectivity index (χ2v) is 5.58. The molecule has 3 N–H and O–H groups in total. The summed E-state index contributed by atoms with van der Waals surface area (Å²) in [7, 11) is 3.17. The van der Waals surface area contributed by atoms with Gasteiger partial charge in [-0.1, -0.05) is 29.8 Å². The largest absolute Gasteiger partial charge is 0.493 e. The fourth-order valence-corrected chi connectivity index (χ4v) is 2.56. The highest BCUT2D eigenvalue weighted by Gasteiger charge is 2.17. The minimum atomic E-state index is -0.467. The van der Waals surface area contributed by atoms with E-state index >= 15 is 0 Å². The second kappa shape index (κ2) is 6.90. The summed E-state index contributed by atoms with van der Waals surface area (Å²) < 4.78 is 10.5. The van der Waals surface area contributed by atoms with Crippen molar-refractivity contribution in [3.8, 4) is 22.9 Å². The molecule has 1 heterocycles. The quantitative estimate of drug-likeness (QED) is 0.742. The predicted octanol–water partition coefficient (Wildman–Crippen LogP) is 3.19. The van der Waals surface area contributed by atoms with Gasteiger partial charge in [-0.15, -0.1) is 0 Å². The molecule has 2 aromatic carbocycles. The first-order valence-electron chi connectivity index (χ1n) is 7.28. The summed E-state index contributed by atoms with van der Waals surface area (Å²) in [5.41, 5.74) is 7.95. The summed E-state index contributed by atoms with van der Waals surface area (Å²) in [5, 5.41) is 7.73. The summed E-state index contributed by atoms with van der Waals surface area (Å²) in [5.74, 6) is 2.35. The number of ether oxygens (including phenoxy) is 2. The molecule has 0 aliphatic heterocycles. The molecular formula is C17H17ClN4O2. The summed E-state index contributed by atoms with van der Waals surface area (Å²) >= 11 is 6.01. The third-order valence-electron chi connectivity index (χ3n) is 3.65. The average molecular weight is 345 g/mol. The smallest absolute Gasteiger partial charge is 0.181 e. The van der Waals surface area contributed by atoms with Gasteiger partial charge in [0.25, 0.3) is 0 Å². The number of H-pyrrole nitrogens is 1. The normalized spacial score (nSPS) is 12.0. The van der Waals surface area contributed by atoms with Crippen molar-refractivity contribution in [2.75, 3.05) is 14.2 Å². The zero-order valence-electron chi connectivity index (χ0n) is 13.3. The molecule has 3 aromatic rings. The zero-order valence-corrected chi connectivity index (χ0v) is 14.0. The van der Waals surface area contributed by atoms with E-state index in [4.69, 9.17) is 26.8 Å². The molecule has 124 valence electrons. The Hall–Kier alpha value is -2.57. The lowest BCUT2D eigenvalue weighted by Crippen LogP contribution is -2.14. The number of methoxy groups -OCH3 is 2. The van der Waals surface area contributed by atoms with E-state index in [0.717, 1.165) is 11.1 Å². The summed E-state index contributed by atoms with van der Waals surface area (Å²) in [4.78, 5) is 4.47. The van der Waals surface area contributed by atoms with Gasteiger partial charge >= 0.3 is 0 Å². The van der Waals surface area contributed by atoms with Gasteiger partial charge in [0.05, 0.1) is 20.3 Å². The number of nitrogens with one attached hydrogen (secondary N) is 1. The summed E-state index contributed by atoms with van der Waals surface area (Å²) in [6.07, 6.45) is 0. The minimum Gasteiger partial charge on any atom is -0.493 e. The van der Waals surface area contributed by atoms with Crippen LogP contribution in [0, 0.1) is 0 Å². The molecule has 0 aliphatic carbocycles. The molecule has 0 amide bonds. The van der Waals surface area contributed by atoms with Crippen molar-refractivity contribution in [1.29, 1.82) is 0 Å². The Morgan fingerprint density at radius 3 is 2.58 bits per heavy atom. The molecule has 24 heavy (non-hydrogen) atoms. The highest BCUT2D eigenvalue weighted by molar-refractivity contribution is 6.30. The van der Waals surface area contributed by atoms with Gasteiger partial charge in [-0.3, -0.25) is 5.10 Å². The van der Waals surface area contributed by atoms with Crippen LogP contribution in [0.2, 0.25) is 5.02 Å². The molecule has 0 unspecified atom stereocenters. The Morgan fingerprint density at radius 2 is 1.88 bits per heavy atom. The highest BCUT2D eigenvalue weighted by atomic mass is 35.5. The van der Waals surface area contributed by atoms with Crippen LogP contribution in [0.25, 0.3) is 11.4 Å². The van der Waals surface area contributed by atoms with Gasteiger partial charge in [-0.25, -0.2) is 4.98 Å². The van der Waals surface area contributed by atoms with Gasteiger partial charge in [0.1, 0.15) is 5.82 Å². The van der Waals surface area contributed by atoms with Gasteiger partial charge in [-0.05, 0) is 29.8 Å². The number of benzene rings is 2. The molecule has 0 aliphatic rings. The molecule has 0 spiro atoms. The molecule has 6 nitrogen and oxygen atoms in total. The highest BCUT2D eigenvalue weighted by Crippen LogP contribution is 2.31. The minimum absolute atomic E-state index is 0.467. The van der Waals surface area contributed by atoms with Crippen molar-refractivity contribution in [3.63, 3.8) is 0 Å². The van der Waals surface area contributed by atoms with Crippen molar-refractivity contribution in [2.24, 2.45) is 5.73 Å². The van der Waals surface area contributed by atoms with Crippen LogP contribution in [-0.2, 0) is 0 Å². The monoisotopic (exact) mass is 344 g/mol. The lowest BCUT2D eigenvalue weighted by atomic mass is 10.1. The van der Waals surface area contributed by atoms with Crippen molar-refractivity contribution < 1.29 is 9.47 Å². The number of aromatic nitrogens is 3. The Kier molecular flexibility index (Phi) is 4.69. The van der Waals surface area contributed by atoms with Crippen LogP contribution in [0.3, 0.4) is 0 Å². The molecule has 1 aromatic heterocycles. The van der Waals surface area contributed by atoms with E-state index in [1.165, 1.54) is 0 Å². The lowest BCUT2D eigenvalue weighted by Gasteiger charge is -2.13. The van der Waals surface area contributed by atoms with Crippen LogP contribution in [0.1, 0.15) is 17.4 Å². The van der Waals surface area contributed by atoms with Gasteiger partial charge in [-0.2, -0.15) is 5.10 Å². The Labute approximate surface area is 144 Å². The zero-order chi connectivity index (χ0) is 17.1. The predicted molar refractivity (Wildman–Crippen MR) is 92.4 cm³/mol. The van der Waals surface area contributed by atoms with Gasteiger partial charge in [0, 0.05) is 10.6 Å².